The fourth-order valence-corrected chi connectivity index (χ4v) is 1.07. The van der Waals surface area contributed by atoms with Crippen LogP contribution in [0.5, 0.6) is 0 Å². The van der Waals surface area contributed by atoms with Crippen molar-refractivity contribution in [3.63, 3.8) is 0 Å². The zero-order valence-electron chi connectivity index (χ0n) is 9.40. The Hall–Kier alpha value is -1.79. The Bertz CT molecular complexity index is 280. The number of carboxylic acid groups (broad SMARTS) is 1. The molecular weight excluding hydrogens is 214 g/mol. The van der Waals surface area contributed by atoms with E-state index in [-0.39, 0.29) is 25.4 Å². The lowest BCUT2D eigenvalue weighted by Crippen LogP contribution is -2.43. The van der Waals surface area contributed by atoms with Crippen LogP contribution in [0.15, 0.2) is 0 Å². The van der Waals surface area contributed by atoms with E-state index in [1.807, 2.05) is 0 Å². The van der Waals surface area contributed by atoms with Gasteiger partial charge in [-0.05, 0) is 5.92 Å². The molecule has 7 heteroatoms. The number of primary amides is 1. The molecule has 7 nitrogen and oxygen atoms in total. The second-order valence-corrected chi connectivity index (χ2v) is 3.71. The SMILES string of the molecule is CC(CNC(=O)N(C)CC(N)=O)CC(=O)O. The first-order chi connectivity index (χ1) is 7.32. The maximum atomic E-state index is 11.3. The first-order valence-electron chi connectivity index (χ1n) is 4.82. The number of amides is 3. The molecule has 0 aliphatic carbocycles. The Balaban J connectivity index is 3.88. The maximum absolute atomic E-state index is 11.3. The molecule has 3 amide bonds. The zero-order valence-corrected chi connectivity index (χ0v) is 9.40. The molecule has 0 heterocycles. The van der Waals surface area contributed by atoms with Gasteiger partial charge in [-0.25, -0.2) is 4.79 Å². The molecule has 92 valence electrons. The summed E-state index contributed by atoms with van der Waals surface area (Å²) >= 11 is 0. The lowest BCUT2D eigenvalue weighted by molar-refractivity contribution is -0.137. The van der Waals surface area contributed by atoms with Crippen molar-refractivity contribution in [2.45, 2.75) is 13.3 Å². The van der Waals surface area contributed by atoms with E-state index in [0.717, 1.165) is 4.90 Å². The number of nitrogens with two attached hydrogens (primary N) is 1. The number of hydrogen-bond acceptors (Lipinski definition) is 3. The lowest BCUT2D eigenvalue weighted by Gasteiger charge is -2.17. The molecule has 0 aliphatic heterocycles. The molecule has 0 radical (unpaired) electrons. The van der Waals surface area contributed by atoms with Gasteiger partial charge in [0.1, 0.15) is 6.54 Å². The van der Waals surface area contributed by atoms with Crippen LogP contribution in [0.4, 0.5) is 4.79 Å². The summed E-state index contributed by atoms with van der Waals surface area (Å²) < 4.78 is 0. The average molecular weight is 231 g/mol. The fraction of sp³-hybridized carbons (Fsp3) is 0.667. The van der Waals surface area contributed by atoms with Crippen molar-refractivity contribution in [3.05, 3.63) is 0 Å². The molecule has 0 aromatic heterocycles. The minimum atomic E-state index is -0.910. The quantitative estimate of drug-likeness (QED) is 0.556. The second-order valence-electron chi connectivity index (χ2n) is 3.71. The molecule has 0 bridgehead atoms. The number of rotatable bonds is 6. The van der Waals surface area contributed by atoms with Crippen molar-refractivity contribution in [2.75, 3.05) is 20.1 Å². The van der Waals surface area contributed by atoms with Gasteiger partial charge in [-0.2, -0.15) is 0 Å². The topological polar surface area (TPSA) is 113 Å². The van der Waals surface area contributed by atoms with Gasteiger partial charge in [0.2, 0.25) is 5.91 Å². The van der Waals surface area contributed by atoms with Crippen LogP contribution in [0.1, 0.15) is 13.3 Å². The third kappa shape index (κ3) is 6.63. The monoisotopic (exact) mass is 231 g/mol. The molecule has 0 aromatic rings. The van der Waals surface area contributed by atoms with Gasteiger partial charge >= 0.3 is 12.0 Å². The summed E-state index contributed by atoms with van der Waals surface area (Å²) in [6.45, 7) is 1.79. The number of nitrogens with zero attached hydrogens (tertiary/aromatic N) is 1. The summed E-state index contributed by atoms with van der Waals surface area (Å²) in [7, 11) is 1.43. The van der Waals surface area contributed by atoms with Crippen LogP contribution < -0.4 is 11.1 Å². The van der Waals surface area contributed by atoms with Crippen LogP contribution in [0.25, 0.3) is 0 Å². The van der Waals surface area contributed by atoms with Gasteiger partial charge in [0.05, 0.1) is 0 Å². The predicted octanol–water partition coefficient (Wildman–Crippen LogP) is -0.776. The van der Waals surface area contributed by atoms with Crippen molar-refractivity contribution in [3.8, 4) is 0 Å². The van der Waals surface area contributed by atoms with Crippen LogP contribution in [-0.4, -0.2) is 48.1 Å². The van der Waals surface area contributed by atoms with Crippen LogP contribution in [0, 0.1) is 5.92 Å². The number of carboxylic acids is 1. The normalized spacial score (nSPS) is 11.6. The summed E-state index contributed by atoms with van der Waals surface area (Å²) in [6, 6.07) is -0.448. The molecule has 4 N–H and O–H groups in total. The van der Waals surface area contributed by atoms with Crippen molar-refractivity contribution in [1.82, 2.24) is 10.2 Å². The van der Waals surface area contributed by atoms with Gasteiger partial charge in [0, 0.05) is 20.0 Å². The highest BCUT2D eigenvalue weighted by atomic mass is 16.4. The summed E-state index contributed by atoms with van der Waals surface area (Å²) in [4.78, 5) is 33.3. The lowest BCUT2D eigenvalue weighted by atomic mass is 10.1. The van der Waals surface area contributed by atoms with Crippen molar-refractivity contribution in [2.24, 2.45) is 11.7 Å². The molecule has 0 aliphatic rings. The first kappa shape index (κ1) is 14.2. The Morgan fingerprint density at radius 3 is 2.44 bits per heavy atom. The van der Waals surface area contributed by atoms with E-state index in [1.165, 1.54) is 7.05 Å². The molecule has 0 saturated carbocycles. The number of aliphatic carboxylic acids is 1. The van der Waals surface area contributed by atoms with Crippen LogP contribution in [0.3, 0.4) is 0 Å². The Kier molecular flexibility index (Phi) is 5.91. The van der Waals surface area contributed by atoms with Crippen molar-refractivity contribution in [1.29, 1.82) is 0 Å². The molecule has 0 aromatic carbocycles. The summed E-state index contributed by atoms with van der Waals surface area (Å²) in [6.07, 6.45) is -0.0141. The van der Waals surface area contributed by atoms with E-state index in [9.17, 15) is 14.4 Å². The van der Waals surface area contributed by atoms with Crippen LogP contribution in [0.2, 0.25) is 0 Å². The Morgan fingerprint density at radius 1 is 1.44 bits per heavy atom. The minimum absolute atomic E-state index is 0.0141. The summed E-state index contributed by atoms with van der Waals surface area (Å²) in [5.41, 5.74) is 4.91. The molecule has 0 spiro atoms. The van der Waals surface area contributed by atoms with Gasteiger partial charge in [-0.15, -0.1) is 0 Å². The molecule has 0 rings (SSSR count). The minimum Gasteiger partial charge on any atom is -0.481 e. The third-order valence-corrected chi connectivity index (χ3v) is 1.86. The van der Waals surface area contributed by atoms with Crippen LogP contribution in [-0.2, 0) is 9.59 Å². The van der Waals surface area contributed by atoms with Gasteiger partial charge in [-0.1, -0.05) is 6.92 Å². The molecule has 1 unspecified atom stereocenters. The van der Waals surface area contributed by atoms with Gasteiger partial charge in [-0.3, -0.25) is 9.59 Å². The molecule has 0 fully saturated rings. The molecular formula is C9H17N3O4. The summed E-state index contributed by atoms with van der Waals surface area (Å²) in [5, 5.41) is 11.0. The highest BCUT2D eigenvalue weighted by molar-refractivity contribution is 5.82. The second kappa shape index (κ2) is 6.65. The predicted molar refractivity (Wildman–Crippen MR) is 56.6 cm³/mol. The van der Waals surface area contributed by atoms with Gasteiger partial charge in [0.15, 0.2) is 0 Å². The molecule has 0 saturated heterocycles. The largest absolute Gasteiger partial charge is 0.481 e. The average Bonchev–Trinajstić information content (AvgIpc) is 2.11. The zero-order chi connectivity index (χ0) is 12.7. The number of carbonyl (C=O) groups excluding carboxylic acids is 2. The smallest absolute Gasteiger partial charge is 0.317 e. The number of carbonyl (C=O) groups is 3. The third-order valence-electron chi connectivity index (χ3n) is 1.86. The fourth-order valence-electron chi connectivity index (χ4n) is 1.07. The van der Waals surface area contributed by atoms with Crippen molar-refractivity contribution < 1.29 is 19.5 Å². The van der Waals surface area contributed by atoms with E-state index in [4.69, 9.17) is 10.8 Å². The Labute approximate surface area is 93.6 Å². The van der Waals surface area contributed by atoms with E-state index < -0.39 is 17.9 Å². The molecule has 1 atom stereocenters. The highest BCUT2D eigenvalue weighted by Crippen LogP contribution is 1.99. The van der Waals surface area contributed by atoms with E-state index in [0.29, 0.717) is 0 Å². The van der Waals surface area contributed by atoms with Gasteiger partial charge < -0.3 is 21.1 Å². The number of likely N-dealkylation sites (N-methyl/N-ethyl adjacent to an activating group) is 1. The molecule has 16 heavy (non-hydrogen) atoms. The number of nitrogens with one attached hydrogen (secondary N) is 1. The van der Waals surface area contributed by atoms with Crippen molar-refractivity contribution >= 4 is 17.9 Å². The maximum Gasteiger partial charge on any atom is 0.317 e. The number of urea groups is 1. The number of hydrogen-bond donors (Lipinski definition) is 3. The van der Waals surface area contributed by atoms with Gasteiger partial charge in [0.25, 0.3) is 0 Å². The Morgan fingerprint density at radius 2 is 2.00 bits per heavy atom. The van der Waals surface area contributed by atoms with Crippen LogP contribution >= 0.6 is 0 Å². The standard InChI is InChI=1S/C9H17N3O4/c1-6(3-8(14)15)4-11-9(16)12(2)5-7(10)13/h6H,3-5H2,1-2H3,(H2,10,13)(H,11,16)(H,14,15). The first-order valence-corrected chi connectivity index (χ1v) is 4.82. The van der Waals surface area contributed by atoms with E-state index >= 15 is 0 Å². The van der Waals surface area contributed by atoms with E-state index in [1.54, 1.807) is 6.92 Å². The summed E-state index contributed by atoms with van der Waals surface area (Å²) in [5.74, 6) is -1.67. The van der Waals surface area contributed by atoms with E-state index in [2.05, 4.69) is 5.32 Å². The highest BCUT2D eigenvalue weighted by Gasteiger charge is 2.13.